The summed E-state index contributed by atoms with van der Waals surface area (Å²) in [7, 11) is 0. The quantitative estimate of drug-likeness (QED) is 0.542. The van der Waals surface area contributed by atoms with Crippen LogP contribution in [0.15, 0.2) is 48.5 Å². The van der Waals surface area contributed by atoms with Gasteiger partial charge in [0.05, 0.1) is 5.56 Å². The Labute approximate surface area is 169 Å². The molecule has 7 heteroatoms. The number of ether oxygens (including phenoxy) is 1. The summed E-state index contributed by atoms with van der Waals surface area (Å²) in [4.78, 5) is 12.1. The molecule has 0 saturated carbocycles. The molecular weight excluding hydrogens is 381 g/mol. The van der Waals surface area contributed by atoms with Gasteiger partial charge in [-0.3, -0.25) is 4.79 Å². The van der Waals surface area contributed by atoms with Gasteiger partial charge in [-0.25, -0.2) is 0 Å². The van der Waals surface area contributed by atoms with Gasteiger partial charge < -0.3 is 15.4 Å². The van der Waals surface area contributed by atoms with Gasteiger partial charge in [0.2, 0.25) is 0 Å². The molecular formula is C22H27F3N2O2. The number of benzene rings is 2. The fourth-order valence-electron chi connectivity index (χ4n) is 2.82. The Bertz CT molecular complexity index is 776. The van der Waals surface area contributed by atoms with Crippen LogP contribution in [-0.2, 0) is 17.4 Å². The SMILES string of the molecule is CCCCNc1ccc(OCC(=O)NC(C)Cc2cccc(C(F)(F)F)c2)cc1. The number of carbonyl (C=O) groups excluding carboxylic acids is 1. The molecule has 29 heavy (non-hydrogen) atoms. The Morgan fingerprint density at radius 3 is 2.52 bits per heavy atom. The minimum atomic E-state index is -4.38. The van der Waals surface area contributed by atoms with Crippen LogP contribution in [0.25, 0.3) is 0 Å². The van der Waals surface area contributed by atoms with E-state index in [0.717, 1.165) is 37.2 Å². The molecule has 0 aromatic heterocycles. The fourth-order valence-corrected chi connectivity index (χ4v) is 2.82. The maximum atomic E-state index is 12.8. The first kappa shape index (κ1) is 22.6. The van der Waals surface area contributed by atoms with Crippen LogP contribution in [0, 0.1) is 0 Å². The van der Waals surface area contributed by atoms with E-state index in [1.54, 1.807) is 25.1 Å². The zero-order chi connectivity index (χ0) is 21.3. The molecule has 0 bridgehead atoms. The summed E-state index contributed by atoms with van der Waals surface area (Å²) in [6.07, 6.45) is -1.86. The number of hydrogen-bond acceptors (Lipinski definition) is 3. The smallest absolute Gasteiger partial charge is 0.416 e. The second kappa shape index (κ2) is 10.7. The molecule has 0 spiro atoms. The summed E-state index contributed by atoms with van der Waals surface area (Å²) in [5, 5.41) is 6.04. The van der Waals surface area contributed by atoms with E-state index in [1.807, 2.05) is 12.1 Å². The first-order valence-corrected chi connectivity index (χ1v) is 9.70. The van der Waals surface area contributed by atoms with E-state index in [2.05, 4.69) is 17.6 Å². The first-order valence-electron chi connectivity index (χ1n) is 9.70. The number of halogens is 3. The topological polar surface area (TPSA) is 50.4 Å². The minimum Gasteiger partial charge on any atom is -0.484 e. The van der Waals surface area contributed by atoms with Gasteiger partial charge in [0, 0.05) is 18.3 Å². The third-order valence-electron chi connectivity index (χ3n) is 4.29. The summed E-state index contributed by atoms with van der Waals surface area (Å²) in [5.41, 5.74) is 0.814. The average molecular weight is 408 g/mol. The first-order chi connectivity index (χ1) is 13.8. The highest BCUT2D eigenvalue weighted by molar-refractivity contribution is 5.77. The lowest BCUT2D eigenvalue weighted by Crippen LogP contribution is -2.37. The molecule has 1 atom stereocenters. The van der Waals surface area contributed by atoms with Gasteiger partial charge in [-0.05, 0) is 55.7 Å². The van der Waals surface area contributed by atoms with Crippen molar-refractivity contribution in [1.29, 1.82) is 0 Å². The van der Waals surface area contributed by atoms with Crippen molar-refractivity contribution < 1.29 is 22.7 Å². The highest BCUT2D eigenvalue weighted by atomic mass is 19.4. The number of anilines is 1. The molecule has 0 fully saturated rings. The van der Waals surface area contributed by atoms with Gasteiger partial charge in [0.25, 0.3) is 5.91 Å². The van der Waals surface area contributed by atoms with Crippen LogP contribution in [0.3, 0.4) is 0 Å². The molecule has 158 valence electrons. The van der Waals surface area contributed by atoms with Gasteiger partial charge in [-0.1, -0.05) is 31.5 Å². The number of alkyl halides is 3. The highest BCUT2D eigenvalue weighted by Crippen LogP contribution is 2.29. The molecule has 0 aliphatic rings. The Morgan fingerprint density at radius 2 is 1.86 bits per heavy atom. The van der Waals surface area contributed by atoms with Crippen molar-refractivity contribution in [3.8, 4) is 5.75 Å². The molecule has 0 radical (unpaired) electrons. The van der Waals surface area contributed by atoms with Gasteiger partial charge in [-0.2, -0.15) is 13.2 Å². The Kier molecular flexibility index (Phi) is 8.36. The summed E-state index contributed by atoms with van der Waals surface area (Å²) in [6.45, 7) is 4.62. The molecule has 0 saturated heterocycles. The third-order valence-corrected chi connectivity index (χ3v) is 4.29. The maximum absolute atomic E-state index is 12.8. The summed E-state index contributed by atoms with van der Waals surface area (Å²) in [5.74, 6) is 0.251. The number of hydrogen-bond donors (Lipinski definition) is 2. The number of amides is 1. The molecule has 2 rings (SSSR count). The van der Waals surface area contributed by atoms with Crippen molar-refractivity contribution in [2.24, 2.45) is 0 Å². The number of nitrogens with one attached hydrogen (secondary N) is 2. The van der Waals surface area contributed by atoms with Crippen LogP contribution < -0.4 is 15.4 Å². The largest absolute Gasteiger partial charge is 0.484 e. The summed E-state index contributed by atoms with van der Waals surface area (Å²) < 4.78 is 43.8. The maximum Gasteiger partial charge on any atom is 0.416 e. The lowest BCUT2D eigenvalue weighted by atomic mass is 10.0. The average Bonchev–Trinajstić information content (AvgIpc) is 2.67. The molecule has 0 aliphatic carbocycles. The third kappa shape index (κ3) is 8.05. The van der Waals surface area contributed by atoms with Crippen molar-refractivity contribution in [3.05, 3.63) is 59.7 Å². The van der Waals surface area contributed by atoms with Gasteiger partial charge in [-0.15, -0.1) is 0 Å². The van der Waals surface area contributed by atoms with Crippen LogP contribution >= 0.6 is 0 Å². The van der Waals surface area contributed by atoms with E-state index in [1.165, 1.54) is 6.07 Å². The van der Waals surface area contributed by atoms with Gasteiger partial charge in [0.1, 0.15) is 5.75 Å². The molecule has 2 N–H and O–H groups in total. The Hall–Kier alpha value is -2.70. The number of carbonyl (C=O) groups is 1. The van der Waals surface area contributed by atoms with E-state index >= 15 is 0 Å². The van der Waals surface area contributed by atoms with E-state index < -0.39 is 11.7 Å². The number of unbranched alkanes of at least 4 members (excludes halogenated alkanes) is 1. The minimum absolute atomic E-state index is 0.157. The van der Waals surface area contributed by atoms with Crippen molar-refractivity contribution in [3.63, 3.8) is 0 Å². The van der Waals surface area contributed by atoms with Crippen LogP contribution in [0.2, 0.25) is 0 Å². The monoisotopic (exact) mass is 408 g/mol. The molecule has 0 aliphatic heterocycles. The van der Waals surface area contributed by atoms with E-state index in [4.69, 9.17) is 4.74 Å². The van der Waals surface area contributed by atoms with Gasteiger partial charge >= 0.3 is 6.18 Å². The molecule has 4 nitrogen and oxygen atoms in total. The zero-order valence-corrected chi connectivity index (χ0v) is 16.7. The Balaban J connectivity index is 1.77. The van der Waals surface area contributed by atoms with Crippen LogP contribution in [0.1, 0.15) is 37.8 Å². The summed E-state index contributed by atoms with van der Waals surface area (Å²) in [6, 6.07) is 12.2. The van der Waals surface area contributed by atoms with E-state index in [9.17, 15) is 18.0 Å². The van der Waals surface area contributed by atoms with Gasteiger partial charge in [0.15, 0.2) is 6.61 Å². The van der Waals surface area contributed by atoms with Crippen molar-refractivity contribution in [1.82, 2.24) is 5.32 Å². The highest BCUT2D eigenvalue weighted by Gasteiger charge is 2.30. The van der Waals surface area contributed by atoms with E-state index in [0.29, 0.717) is 17.7 Å². The lowest BCUT2D eigenvalue weighted by molar-refractivity contribution is -0.137. The van der Waals surface area contributed by atoms with Crippen molar-refractivity contribution in [2.45, 2.75) is 45.3 Å². The van der Waals surface area contributed by atoms with E-state index in [-0.39, 0.29) is 18.6 Å². The molecule has 2 aromatic carbocycles. The molecule has 2 aromatic rings. The standard InChI is InChI=1S/C22H27F3N2O2/c1-3-4-12-26-19-8-10-20(11-9-19)29-15-21(28)27-16(2)13-17-6-5-7-18(14-17)22(23,24)25/h5-11,14,16,26H,3-4,12-13,15H2,1-2H3,(H,27,28). The lowest BCUT2D eigenvalue weighted by Gasteiger charge is -2.16. The number of rotatable bonds is 10. The van der Waals surface area contributed by atoms with Crippen molar-refractivity contribution in [2.75, 3.05) is 18.5 Å². The van der Waals surface area contributed by atoms with Crippen LogP contribution in [0.5, 0.6) is 5.75 Å². The predicted octanol–water partition coefficient (Wildman–Crippen LogP) is 5.04. The predicted molar refractivity (Wildman–Crippen MR) is 108 cm³/mol. The molecule has 1 amide bonds. The fraction of sp³-hybridized carbons (Fsp3) is 0.409. The second-order valence-corrected chi connectivity index (χ2v) is 6.96. The second-order valence-electron chi connectivity index (χ2n) is 6.96. The molecule has 0 heterocycles. The normalized spacial score (nSPS) is 12.3. The Morgan fingerprint density at radius 1 is 1.14 bits per heavy atom. The zero-order valence-electron chi connectivity index (χ0n) is 16.7. The van der Waals surface area contributed by atoms with Crippen molar-refractivity contribution >= 4 is 11.6 Å². The molecule has 1 unspecified atom stereocenters. The van der Waals surface area contributed by atoms with Crippen LogP contribution in [0.4, 0.5) is 18.9 Å². The summed E-state index contributed by atoms with van der Waals surface area (Å²) >= 11 is 0. The van der Waals surface area contributed by atoms with Crippen LogP contribution in [-0.4, -0.2) is 25.1 Å².